The molecule has 1 aliphatic heterocycles. The van der Waals surface area contributed by atoms with Crippen molar-refractivity contribution in [3.63, 3.8) is 0 Å². The van der Waals surface area contributed by atoms with Crippen LogP contribution < -0.4 is 53.6 Å². The van der Waals surface area contributed by atoms with Gasteiger partial charge in [-0.15, -0.1) is 11.8 Å². The third-order valence-electron chi connectivity index (χ3n) is 11.7. The summed E-state index contributed by atoms with van der Waals surface area (Å²) in [5.41, 5.74) is 6.16. The Morgan fingerprint density at radius 2 is 1.30 bits per heavy atom. The third-order valence-corrected chi connectivity index (χ3v) is 15.5. The van der Waals surface area contributed by atoms with E-state index in [1.165, 1.54) is 23.5 Å². The van der Waals surface area contributed by atoms with Crippen LogP contribution in [0.2, 0.25) is 0 Å². The number of nitrogens with two attached hydrogens (primary N) is 1. The van der Waals surface area contributed by atoms with Gasteiger partial charge in [-0.05, 0) is 37.7 Å². The van der Waals surface area contributed by atoms with Crippen LogP contribution in [-0.4, -0.2) is 196 Å². The van der Waals surface area contributed by atoms with Gasteiger partial charge in [-0.25, -0.2) is 0 Å². The van der Waals surface area contributed by atoms with Crippen molar-refractivity contribution in [1.29, 1.82) is 0 Å². The highest BCUT2D eigenvalue weighted by atomic mass is 32.2. The Kier molecular flexibility index (Phi) is 32.1. The standard InChI is InChI=1S/C50H88N10O14S3/c1-8-9-18-30-42(68)53-24-38(62)54-32(22-40(64)65)45(71)60-36(27-77-50(5,6)7)48(74)57-31(21-29-16-12-10-13-17-29)44(70)58-34(43(69)52-20-15-11-14-19-37(51)61)25-75-28-39(63)55-33(23-41(66)67)46(72)59-35(47(73)56-30)26-76-49(2,3)4/h10,12-13,16-17,30-38,42,44,48,53-54,57-58,61-62,68,70,74H,8-9,11,14-15,18-28,51H2,1-7H3,(H,52,69)(H,55,63)(H,56,73)(H,59,72)(H,60,71)(H,64,65)(H,66,67)/t30-,31-,32-,33-,34-,35-,36-,37+,38-,42+,44+,48-/m0/s1. The van der Waals surface area contributed by atoms with Gasteiger partial charge in [0, 0.05) is 39.8 Å². The number of thioether (sulfide) groups is 3. The lowest BCUT2D eigenvalue weighted by atomic mass is 10.0. The molecule has 0 saturated carbocycles. The lowest BCUT2D eigenvalue weighted by Crippen LogP contribution is -2.63. The molecule has 0 aromatic heterocycles. The molecule has 1 aromatic rings. The van der Waals surface area contributed by atoms with Gasteiger partial charge < -0.3 is 68.1 Å². The number of hydrogen-bond acceptors (Lipinski definition) is 20. The fourth-order valence-corrected chi connectivity index (χ4v) is 10.3. The number of aliphatic hydroxyl groups excluding tert-OH is 5. The van der Waals surface area contributed by atoms with E-state index in [1.54, 1.807) is 30.3 Å². The van der Waals surface area contributed by atoms with Gasteiger partial charge in [0.2, 0.25) is 29.5 Å². The van der Waals surface area contributed by atoms with E-state index in [2.05, 4.69) is 47.9 Å². The normalized spacial score (nSPS) is 27.2. The summed E-state index contributed by atoms with van der Waals surface area (Å²) in [6.45, 7) is 13.0. The fraction of sp³-hybridized carbons (Fsp3) is 0.740. The lowest BCUT2D eigenvalue weighted by molar-refractivity contribution is -0.141. The largest absolute Gasteiger partial charge is 0.481 e. The molecule has 1 heterocycles. The van der Waals surface area contributed by atoms with Gasteiger partial charge >= 0.3 is 11.9 Å². The maximum Gasteiger partial charge on any atom is 0.305 e. The molecule has 12 atom stereocenters. The summed E-state index contributed by atoms with van der Waals surface area (Å²) in [4.78, 5) is 93.9. The SMILES string of the molecule is CCCC[C@@H]1NC(=O)[C@H](CSC(C)(C)C)NC(=O)[C@H](CC(=O)O)NC(=O)CSC[C@@H](C(=O)NCCCCC[C@H](N)O)N[C@H](O)[C@H](Cc2ccccc2)N[C@@H](O)[C@H](CSC(C)(C)C)NC(=O)[C@H](CC(=O)O)N[C@@H](O)CN[C@@H]1O. The number of aliphatic hydroxyl groups is 5. The molecule has 1 saturated heterocycles. The van der Waals surface area contributed by atoms with Gasteiger partial charge in [-0.1, -0.05) is 98.1 Å². The van der Waals surface area contributed by atoms with Crippen molar-refractivity contribution >= 4 is 76.8 Å². The van der Waals surface area contributed by atoms with E-state index >= 15 is 0 Å². The minimum atomic E-state index is -1.67. The zero-order chi connectivity index (χ0) is 57.9. The lowest BCUT2D eigenvalue weighted by Gasteiger charge is -2.34. The molecule has 0 bridgehead atoms. The first-order valence-electron chi connectivity index (χ1n) is 26.1. The van der Waals surface area contributed by atoms with Gasteiger partial charge in [0.15, 0.2) is 0 Å². The quantitative estimate of drug-likeness (QED) is 0.0539. The van der Waals surface area contributed by atoms with Crippen molar-refractivity contribution in [3.8, 4) is 0 Å². The molecule has 18 N–H and O–H groups in total. The van der Waals surface area contributed by atoms with Crippen molar-refractivity contribution < 1.29 is 69.3 Å². The second-order valence-corrected chi connectivity index (χ2v) is 25.7. The molecule has 0 radical (unpaired) electrons. The molecule has 2 rings (SSSR count). The zero-order valence-corrected chi connectivity index (χ0v) is 47.9. The van der Waals surface area contributed by atoms with Crippen molar-refractivity contribution in [2.75, 3.05) is 36.1 Å². The highest BCUT2D eigenvalue weighted by molar-refractivity contribution is 8.01. The molecule has 5 amide bonds. The summed E-state index contributed by atoms with van der Waals surface area (Å²) in [5, 5.41) is 100. The van der Waals surface area contributed by atoms with Gasteiger partial charge in [0.1, 0.15) is 43.2 Å². The van der Waals surface area contributed by atoms with E-state index < -0.39 is 150 Å². The smallest absolute Gasteiger partial charge is 0.305 e. The molecule has 24 nitrogen and oxygen atoms in total. The average Bonchev–Trinajstić information content (AvgIpc) is 3.33. The van der Waals surface area contributed by atoms with E-state index in [4.69, 9.17) is 5.73 Å². The van der Waals surface area contributed by atoms with Crippen LogP contribution in [0, 0.1) is 0 Å². The number of carboxylic acid groups (broad SMARTS) is 2. The summed E-state index contributed by atoms with van der Waals surface area (Å²) in [6, 6.07) is -0.221. The second-order valence-electron chi connectivity index (χ2n) is 21.0. The van der Waals surface area contributed by atoms with Crippen LogP contribution in [0.3, 0.4) is 0 Å². The summed E-state index contributed by atoms with van der Waals surface area (Å²) in [6.07, 6.45) is -5.65. The Morgan fingerprint density at radius 1 is 0.714 bits per heavy atom. The van der Waals surface area contributed by atoms with Crippen molar-refractivity contribution in [2.45, 2.75) is 196 Å². The Hall–Kier alpha value is -3.84. The number of benzene rings is 1. The fourth-order valence-electron chi connectivity index (χ4n) is 7.57. The summed E-state index contributed by atoms with van der Waals surface area (Å²) in [5.74, 6) is -7.38. The minimum absolute atomic E-state index is 0.0159. The van der Waals surface area contributed by atoms with Gasteiger partial charge in [-0.2, -0.15) is 23.5 Å². The number of β-amino-alcohol motifs (C(OH)–C–C–N with tert-alkyl or cyclic N) is 1. The Balaban J connectivity index is 2.74. The molecule has 1 fully saturated rings. The van der Waals surface area contributed by atoms with Crippen molar-refractivity contribution in [3.05, 3.63) is 35.9 Å². The molecule has 0 spiro atoms. The summed E-state index contributed by atoms with van der Waals surface area (Å²) in [7, 11) is 0. The number of nitrogens with one attached hydrogen (secondary N) is 9. The second kappa shape index (κ2) is 35.7. The maximum atomic E-state index is 14.1. The van der Waals surface area contributed by atoms with E-state index in [-0.39, 0.29) is 36.6 Å². The van der Waals surface area contributed by atoms with Crippen molar-refractivity contribution in [1.82, 2.24) is 47.9 Å². The topological polar surface area (TPSA) is 395 Å². The van der Waals surface area contributed by atoms with Crippen LogP contribution in [0.15, 0.2) is 30.3 Å². The molecule has 27 heteroatoms. The Labute approximate surface area is 465 Å². The first-order chi connectivity index (χ1) is 36.1. The average molecular weight is 1150 g/mol. The van der Waals surface area contributed by atoms with Crippen LogP contribution in [-0.2, 0) is 40.0 Å². The predicted octanol–water partition coefficient (Wildman–Crippen LogP) is -1.19. The zero-order valence-electron chi connectivity index (χ0n) is 45.4. The molecular formula is C50H88N10O14S3. The van der Waals surface area contributed by atoms with Crippen molar-refractivity contribution in [2.24, 2.45) is 5.73 Å². The summed E-state index contributed by atoms with van der Waals surface area (Å²) >= 11 is 3.60. The number of hydrogen-bond donors (Lipinski definition) is 17. The number of carbonyl (C=O) groups excluding carboxylic acids is 5. The first kappa shape index (κ1) is 69.3. The van der Waals surface area contributed by atoms with E-state index in [1.807, 2.05) is 48.5 Å². The number of unbranched alkanes of at least 4 members (excludes halogenated alkanes) is 3. The monoisotopic (exact) mass is 1150 g/mol. The number of rotatable bonds is 20. The highest BCUT2D eigenvalue weighted by Gasteiger charge is 2.36. The predicted molar refractivity (Wildman–Crippen MR) is 298 cm³/mol. The molecular weight excluding hydrogens is 1060 g/mol. The van der Waals surface area contributed by atoms with E-state index in [0.717, 1.165) is 11.8 Å². The number of carbonyl (C=O) groups is 7. The maximum absolute atomic E-state index is 14.1. The molecule has 0 unspecified atom stereocenters. The highest BCUT2D eigenvalue weighted by Crippen LogP contribution is 2.26. The molecule has 0 aliphatic carbocycles. The number of aliphatic carboxylic acids is 2. The van der Waals surface area contributed by atoms with E-state index in [9.17, 15) is 69.3 Å². The first-order valence-corrected chi connectivity index (χ1v) is 29.2. The minimum Gasteiger partial charge on any atom is -0.481 e. The van der Waals surface area contributed by atoms with E-state index in [0.29, 0.717) is 44.1 Å². The summed E-state index contributed by atoms with van der Waals surface area (Å²) < 4.78 is -0.828. The molecule has 1 aliphatic rings. The van der Waals surface area contributed by atoms with Crippen LogP contribution in [0.25, 0.3) is 0 Å². The number of carboxylic acids is 2. The van der Waals surface area contributed by atoms with Gasteiger partial charge in [0.05, 0.1) is 48.8 Å². The van der Waals surface area contributed by atoms with Gasteiger partial charge in [0.25, 0.3) is 0 Å². The third kappa shape index (κ3) is 30.4. The van der Waals surface area contributed by atoms with Gasteiger partial charge in [-0.3, -0.25) is 54.8 Å². The Morgan fingerprint density at radius 3 is 1.91 bits per heavy atom. The van der Waals surface area contributed by atoms with Crippen LogP contribution in [0.1, 0.15) is 112 Å². The number of amides is 5. The molecule has 440 valence electrons. The van der Waals surface area contributed by atoms with Crippen LogP contribution in [0.4, 0.5) is 0 Å². The molecule has 1 aromatic carbocycles. The van der Waals surface area contributed by atoms with Crippen LogP contribution >= 0.6 is 35.3 Å². The Bertz CT molecular complexity index is 1970. The van der Waals surface area contributed by atoms with Crippen LogP contribution in [0.5, 0.6) is 0 Å². The molecule has 77 heavy (non-hydrogen) atoms.